The summed E-state index contributed by atoms with van der Waals surface area (Å²) in [5.41, 5.74) is -0.585. The van der Waals surface area contributed by atoms with Crippen LogP contribution in [-0.2, 0) is 0 Å². The molecule has 2 aromatic carbocycles. The van der Waals surface area contributed by atoms with Crippen molar-refractivity contribution in [1.29, 1.82) is 0 Å². The summed E-state index contributed by atoms with van der Waals surface area (Å²) >= 11 is 3.09. The number of ether oxygens (including phenoxy) is 1. The highest BCUT2D eigenvalue weighted by Gasteiger charge is 2.19. The van der Waals surface area contributed by atoms with Crippen LogP contribution in [0.4, 0.5) is 13.2 Å². The lowest BCUT2D eigenvalue weighted by atomic mass is 10.0. The van der Waals surface area contributed by atoms with Crippen molar-refractivity contribution in [2.24, 2.45) is 0 Å². The quantitative estimate of drug-likeness (QED) is 0.702. The van der Waals surface area contributed by atoms with E-state index in [1.54, 1.807) is 0 Å². The Morgan fingerprint density at radius 2 is 1.70 bits per heavy atom. The zero-order valence-corrected chi connectivity index (χ0v) is 11.9. The lowest BCUT2D eigenvalue weighted by Gasteiger charge is -2.11. The predicted octanol–water partition coefficient (Wildman–Crippen LogP) is 5.10. The van der Waals surface area contributed by atoms with Gasteiger partial charge in [-0.3, -0.25) is 0 Å². The van der Waals surface area contributed by atoms with Crippen molar-refractivity contribution in [2.75, 3.05) is 6.61 Å². The van der Waals surface area contributed by atoms with E-state index in [1.165, 1.54) is 18.2 Å². The van der Waals surface area contributed by atoms with Gasteiger partial charge >= 0.3 is 0 Å². The van der Waals surface area contributed by atoms with Crippen LogP contribution >= 0.6 is 15.9 Å². The molecular weight excluding hydrogens is 333 g/mol. The van der Waals surface area contributed by atoms with Crippen LogP contribution in [0.3, 0.4) is 0 Å². The highest BCUT2D eigenvalue weighted by atomic mass is 79.9. The van der Waals surface area contributed by atoms with Crippen LogP contribution in [0, 0.1) is 17.5 Å². The number of hydrogen-bond acceptors (Lipinski definition) is 1. The van der Waals surface area contributed by atoms with Crippen molar-refractivity contribution >= 4 is 15.9 Å². The summed E-state index contributed by atoms with van der Waals surface area (Å²) in [5.74, 6) is -2.47. The topological polar surface area (TPSA) is 9.23 Å². The maximum atomic E-state index is 14.1. The molecule has 0 amide bonds. The van der Waals surface area contributed by atoms with Crippen LogP contribution in [0.1, 0.15) is 0 Å². The van der Waals surface area contributed by atoms with E-state index >= 15 is 0 Å². The molecule has 0 atom stereocenters. The fourth-order valence-electron chi connectivity index (χ4n) is 1.76. The molecule has 0 bridgehead atoms. The van der Waals surface area contributed by atoms with Gasteiger partial charge in [-0.15, -0.1) is 0 Å². The Hall–Kier alpha value is -1.75. The van der Waals surface area contributed by atoms with Gasteiger partial charge in [0, 0.05) is 22.2 Å². The average molecular weight is 343 g/mol. The van der Waals surface area contributed by atoms with Crippen molar-refractivity contribution in [3.05, 3.63) is 64.9 Å². The molecule has 0 aromatic heterocycles. The molecule has 0 radical (unpaired) electrons. The molecule has 0 heterocycles. The van der Waals surface area contributed by atoms with Gasteiger partial charge in [-0.25, -0.2) is 13.2 Å². The minimum Gasteiger partial charge on any atom is -0.489 e. The molecule has 1 nitrogen and oxygen atoms in total. The van der Waals surface area contributed by atoms with Crippen molar-refractivity contribution in [3.63, 3.8) is 0 Å². The summed E-state index contributed by atoms with van der Waals surface area (Å²) < 4.78 is 47.2. The minimum atomic E-state index is -0.894. The predicted molar refractivity (Wildman–Crippen MR) is 75.1 cm³/mol. The molecule has 0 saturated heterocycles. The molecule has 0 saturated carbocycles. The molecule has 104 valence electrons. The first-order valence-electron chi connectivity index (χ1n) is 5.71. The number of benzene rings is 2. The largest absolute Gasteiger partial charge is 0.489 e. The summed E-state index contributed by atoms with van der Waals surface area (Å²) in [6.45, 7) is 3.57. The van der Waals surface area contributed by atoms with Gasteiger partial charge in [0.2, 0.25) is 0 Å². The fourth-order valence-corrected chi connectivity index (χ4v) is 2.30. The number of hydrogen-bond donors (Lipinski definition) is 0. The normalized spacial score (nSPS) is 10.4. The molecule has 0 aliphatic heterocycles. The number of halogens is 4. The third kappa shape index (κ3) is 2.88. The highest BCUT2D eigenvalue weighted by Crippen LogP contribution is 2.36. The van der Waals surface area contributed by atoms with Gasteiger partial charge in [-0.05, 0) is 12.1 Å². The zero-order valence-electron chi connectivity index (χ0n) is 10.3. The van der Waals surface area contributed by atoms with Crippen molar-refractivity contribution in [2.45, 2.75) is 0 Å². The lowest BCUT2D eigenvalue weighted by molar-refractivity contribution is 0.358. The summed E-state index contributed by atoms with van der Waals surface area (Å²) in [7, 11) is 0. The Balaban J connectivity index is 2.55. The molecule has 0 unspecified atom stereocenters. The van der Waals surface area contributed by atoms with E-state index in [4.69, 9.17) is 4.74 Å². The zero-order chi connectivity index (χ0) is 14.7. The van der Waals surface area contributed by atoms with Gasteiger partial charge in [0.15, 0.2) is 0 Å². The molecule has 0 aliphatic carbocycles. The van der Waals surface area contributed by atoms with Gasteiger partial charge in [0.05, 0.1) is 5.56 Å². The molecule has 20 heavy (non-hydrogen) atoms. The van der Waals surface area contributed by atoms with Gasteiger partial charge in [-0.1, -0.05) is 34.7 Å². The van der Waals surface area contributed by atoms with Crippen LogP contribution in [-0.4, -0.2) is 6.61 Å². The first kappa shape index (κ1) is 14.7. The van der Waals surface area contributed by atoms with Crippen LogP contribution in [0.25, 0.3) is 11.1 Å². The first-order chi connectivity index (χ1) is 9.54. The Morgan fingerprint density at radius 1 is 1.05 bits per heavy atom. The van der Waals surface area contributed by atoms with Crippen LogP contribution in [0.15, 0.2) is 47.5 Å². The molecular formula is C15H10BrF3O. The van der Waals surface area contributed by atoms with E-state index in [0.717, 1.165) is 18.2 Å². The maximum Gasteiger partial charge on any atom is 0.137 e. The monoisotopic (exact) mass is 342 g/mol. The first-order valence-corrected chi connectivity index (χ1v) is 6.51. The average Bonchev–Trinajstić information content (AvgIpc) is 2.39. The van der Waals surface area contributed by atoms with Gasteiger partial charge < -0.3 is 4.74 Å². The molecule has 0 aliphatic rings. The number of rotatable bonds is 4. The second-order valence-electron chi connectivity index (χ2n) is 3.96. The third-order valence-electron chi connectivity index (χ3n) is 2.60. The Bertz CT molecular complexity index is 612. The van der Waals surface area contributed by atoms with Gasteiger partial charge in [0.25, 0.3) is 0 Å². The minimum absolute atomic E-state index is 0.0242. The van der Waals surface area contributed by atoms with Gasteiger partial charge in [0.1, 0.15) is 29.8 Å². The Labute approximate surface area is 122 Å². The van der Waals surface area contributed by atoms with Crippen molar-refractivity contribution in [3.8, 4) is 16.9 Å². The van der Waals surface area contributed by atoms with Crippen molar-refractivity contribution in [1.82, 2.24) is 0 Å². The summed E-state index contributed by atoms with van der Waals surface area (Å²) in [6.07, 6.45) is 1.46. The van der Waals surface area contributed by atoms with Crippen LogP contribution in [0.5, 0.6) is 5.75 Å². The van der Waals surface area contributed by atoms with Crippen LogP contribution in [0.2, 0.25) is 0 Å². The van der Waals surface area contributed by atoms with E-state index in [9.17, 15) is 13.2 Å². The summed E-state index contributed by atoms with van der Waals surface area (Å²) in [6, 6.07) is 6.13. The molecule has 0 N–H and O–H groups in total. The van der Waals surface area contributed by atoms with Crippen molar-refractivity contribution < 1.29 is 17.9 Å². The van der Waals surface area contributed by atoms with E-state index in [1.807, 2.05) is 0 Å². The lowest BCUT2D eigenvalue weighted by Crippen LogP contribution is -1.98. The second kappa shape index (κ2) is 6.13. The van der Waals surface area contributed by atoms with Gasteiger partial charge in [-0.2, -0.15) is 0 Å². The molecule has 0 spiro atoms. The Kier molecular flexibility index (Phi) is 4.49. The highest BCUT2D eigenvalue weighted by molar-refractivity contribution is 9.10. The third-order valence-corrected chi connectivity index (χ3v) is 3.26. The maximum absolute atomic E-state index is 14.1. The Morgan fingerprint density at radius 3 is 2.25 bits per heavy atom. The molecule has 2 aromatic rings. The standard InChI is InChI=1S/C15H10BrF3O/c1-2-6-20-9-7-12(18)15(13(19)8-9)14-10(16)4-3-5-11(14)17/h2-5,7-8H,1,6H2. The second-order valence-corrected chi connectivity index (χ2v) is 4.81. The molecule has 0 fully saturated rings. The summed E-state index contributed by atoms with van der Waals surface area (Å²) in [5, 5.41) is 0. The summed E-state index contributed by atoms with van der Waals surface area (Å²) in [4.78, 5) is 0. The fraction of sp³-hybridized carbons (Fsp3) is 0.0667. The van der Waals surface area contributed by atoms with E-state index in [2.05, 4.69) is 22.5 Å². The molecule has 2 rings (SSSR count). The van der Waals surface area contributed by atoms with E-state index in [0.29, 0.717) is 0 Å². The van der Waals surface area contributed by atoms with Crippen LogP contribution < -0.4 is 4.74 Å². The SMILES string of the molecule is C=CCOc1cc(F)c(-c2c(F)cccc2Br)c(F)c1. The smallest absolute Gasteiger partial charge is 0.137 e. The van der Waals surface area contributed by atoms with E-state index in [-0.39, 0.29) is 22.4 Å². The molecule has 5 heteroatoms. The van der Waals surface area contributed by atoms with E-state index < -0.39 is 23.0 Å².